The van der Waals surface area contributed by atoms with Crippen LogP contribution in [0.3, 0.4) is 0 Å². The van der Waals surface area contributed by atoms with Crippen molar-refractivity contribution in [2.24, 2.45) is 0 Å². The average molecular weight is 389 g/mol. The van der Waals surface area contributed by atoms with Gasteiger partial charge in [0.1, 0.15) is 0 Å². The van der Waals surface area contributed by atoms with Crippen molar-refractivity contribution in [2.45, 2.75) is 25.7 Å². The summed E-state index contributed by atoms with van der Waals surface area (Å²) in [7, 11) is 0. The van der Waals surface area contributed by atoms with Crippen molar-refractivity contribution in [3.05, 3.63) is 55.9 Å². The van der Waals surface area contributed by atoms with Gasteiger partial charge < -0.3 is 4.98 Å². The van der Waals surface area contributed by atoms with Crippen LogP contribution in [-0.2, 0) is 25.7 Å². The Morgan fingerprint density at radius 2 is 2.17 bits per heavy atom. The van der Waals surface area contributed by atoms with Gasteiger partial charge in [0.2, 0.25) is 5.82 Å². The standard InChI is InChI=1S/C14H12BrF3N4O/c15-10-5-19-3-1-8(10)6-22-4-2-11-9(7-22)12(23)21-13(20-11)14(16,17)18/h1,3,5H,2,4,6-7H2,(H,20,21,23). The summed E-state index contributed by atoms with van der Waals surface area (Å²) >= 11 is 3.41. The van der Waals surface area contributed by atoms with Crippen molar-refractivity contribution in [1.29, 1.82) is 0 Å². The number of pyridine rings is 1. The Kier molecular flexibility index (Phi) is 4.24. The van der Waals surface area contributed by atoms with E-state index in [0.29, 0.717) is 25.1 Å². The molecule has 0 aliphatic carbocycles. The number of aromatic nitrogens is 3. The highest BCUT2D eigenvalue weighted by Crippen LogP contribution is 2.27. The van der Waals surface area contributed by atoms with Crippen molar-refractivity contribution in [1.82, 2.24) is 19.9 Å². The lowest BCUT2D eigenvalue weighted by Gasteiger charge is -2.28. The van der Waals surface area contributed by atoms with Crippen LogP contribution in [0.4, 0.5) is 13.2 Å². The maximum absolute atomic E-state index is 12.7. The van der Waals surface area contributed by atoms with Crippen LogP contribution < -0.4 is 5.56 Å². The van der Waals surface area contributed by atoms with Crippen molar-refractivity contribution in [2.75, 3.05) is 6.54 Å². The van der Waals surface area contributed by atoms with Gasteiger partial charge in [0.25, 0.3) is 5.56 Å². The SMILES string of the molecule is O=c1[nH]c(C(F)(F)F)nc2c1CN(Cc1ccncc1Br)CC2. The Bertz CT molecular complexity index is 790. The topological polar surface area (TPSA) is 61.9 Å². The van der Waals surface area contributed by atoms with Gasteiger partial charge in [-0.1, -0.05) is 0 Å². The second kappa shape index (κ2) is 6.04. The first-order valence-electron chi connectivity index (χ1n) is 6.84. The van der Waals surface area contributed by atoms with E-state index in [9.17, 15) is 18.0 Å². The maximum Gasteiger partial charge on any atom is 0.449 e. The molecule has 0 amide bonds. The molecule has 3 rings (SSSR count). The van der Waals surface area contributed by atoms with Crippen LogP contribution in [0.1, 0.15) is 22.6 Å². The summed E-state index contributed by atoms with van der Waals surface area (Å²) in [4.78, 5) is 23.3. The van der Waals surface area contributed by atoms with Gasteiger partial charge in [-0.05, 0) is 27.6 Å². The molecule has 1 N–H and O–H groups in total. The lowest BCUT2D eigenvalue weighted by Crippen LogP contribution is -2.36. The number of halogens is 4. The molecule has 1 aliphatic heterocycles. The van der Waals surface area contributed by atoms with Gasteiger partial charge in [-0.2, -0.15) is 13.2 Å². The molecule has 0 unspecified atom stereocenters. The molecule has 9 heteroatoms. The van der Waals surface area contributed by atoms with E-state index in [4.69, 9.17) is 0 Å². The van der Waals surface area contributed by atoms with Gasteiger partial charge >= 0.3 is 6.18 Å². The molecule has 2 aromatic heterocycles. The Hall–Kier alpha value is -1.74. The fraction of sp³-hybridized carbons (Fsp3) is 0.357. The molecule has 0 aromatic carbocycles. The molecule has 23 heavy (non-hydrogen) atoms. The molecule has 3 heterocycles. The third kappa shape index (κ3) is 3.45. The number of nitrogens with zero attached hydrogens (tertiary/aromatic N) is 3. The summed E-state index contributed by atoms with van der Waals surface area (Å²) in [5.41, 5.74) is 0.807. The molecular weight excluding hydrogens is 377 g/mol. The van der Waals surface area contributed by atoms with E-state index >= 15 is 0 Å². The van der Waals surface area contributed by atoms with Crippen LogP contribution in [0, 0.1) is 0 Å². The van der Waals surface area contributed by atoms with Crippen molar-refractivity contribution in [3.8, 4) is 0 Å². The van der Waals surface area contributed by atoms with E-state index in [0.717, 1.165) is 10.0 Å². The average Bonchev–Trinajstić information content (AvgIpc) is 2.49. The van der Waals surface area contributed by atoms with E-state index < -0.39 is 17.6 Å². The molecule has 5 nitrogen and oxygen atoms in total. The number of rotatable bonds is 2. The van der Waals surface area contributed by atoms with E-state index in [1.807, 2.05) is 16.0 Å². The van der Waals surface area contributed by atoms with Crippen LogP contribution in [0.15, 0.2) is 27.7 Å². The van der Waals surface area contributed by atoms with E-state index in [-0.39, 0.29) is 12.2 Å². The Balaban J connectivity index is 1.84. The predicted octanol–water partition coefficient (Wildman–Crippen LogP) is 2.50. The molecule has 0 spiro atoms. The molecule has 1 aliphatic rings. The second-order valence-electron chi connectivity index (χ2n) is 5.27. The van der Waals surface area contributed by atoms with E-state index in [1.54, 1.807) is 12.4 Å². The number of hydrogen-bond donors (Lipinski definition) is 1. The number of nitrogens with one attached hydrogen (secondary N) is 1. The molecule has 0 atom stereocenters. The van der Waals surface area contributed by atoms with Crippen LogP contribution in [-0.4, -0.2) is 26.4 Å². The number of alkyl halides is 3. The van der Waals surface area contributed by atoms with Gasteiger partial charge in [0.05, 0.1) is 11.3 Å². The summed E-state index contributed by atoms with van der Waals surface area (Å²) in [6.45, 7) is 1.38. The zero-order valence-electron chi connectivity index (χ0n) is 11.8. The highest BCUT2D eigenvalue weighted by atomic mass is 79.9. The van der Waals surface area contributed by atoms with Gasteiger partial charge in [-0.25, -0.2) is 4.98 Å². The van der Waals surface area contributed by atoms with E-state index in [1.165, 1.54) is 0 Å². The van der Waals surface area contributed by atoms with Crippen LogP contribution in [0.25, 0.3) is 0 Å². The molecule has 0 saturated carbocycles. The summed E-state index contributed by atoms with van der Waals surface area (Å²) < 4.78 is 38.9. The minimum Gasteiger partial charge on any atom is -0.303 e. The van der Waals surface area contributed by atoms with Gasteiger partial charge in [-0.15, -0.1) is 0 Å². The largest absolute Gasteiger partial charge is 0.449 e. The monoisotopic (exact) mass is 388 g/mol. The Morgan fingerprint density at radius 3 is 2.87 bits per heavy atom. The van der Waals surface area contributed by atoms with Crippen LogP contribution in [0.2, 0.25) is 0 Å². The lowest BCUT2D eigenvalue weighted by molar-refractivity contribution is -0.145. The summed E-state index contributed by atoms with van der Waals surface area (Å²) in [5, 5.41) is 0. The molecule has 122 valence electrons. The third-order valence-corrected chi connectivity index (χ3v) is 4.38. The molecular formula is C14H12BrF3N4O. The van der Waals surface area contributed by atoms with Crippen LogP contribution in [0.5, 0.6) is 0 Å². The van der Waals surface area contributed by atoms with Crippen molar-refractivity contribution < 1.29 is 13.2 Å². The minimum atomic E-state index is -4.65. The van der Waals surface area contributed by atoms with Gasteiger partial charge in [0.15, 0.2) is 0 Å². The molecule has 0 radical (unpaired) electrons. The van der Waals surface area contributed by atoms with Gasteiger partial charge in [-0.3, -0.25) is 14.7 Å². The van der Waals surface area contributed by atoms with E-state index in [2.05, 4.69) is 25.9 Å². The summed E-state index contributed by atoms with van der Waals surface area (Å²) in [6, 6.07) is 1.86. The molecule has 0 bridgehead atoms. The minimum absolute atomic E-state index is 0.228. The number of H-pyrrole nitrogens is 1. The first kappa shape index (κ1) is 16.1. The Labute approximate surface area is 137 Å². The smallest absolute Gasteiger partial charge is 0.303 e. The summed E-state index contributed by atoms with van der Waals surface area (Å²) in [6.07, 6.45) is -0.989. The maximum atomic E-state index is 12.7. The second-order valence-corrected chi connectivity index (χ2v) is 6.12. The van der Waals surface area contributed by atoms with Crippen LogP contribution >= 0.6 is 15.9 Å². The number of fused-ring (bicyclic) bond motifs is 1. The quantitative estimate of drug-likeness (QED) is 0.858. The van der Waals surface area contributed by atoms with Gasteiger partial charge in [0, 0.05) is 42.9 Å². The highest BCUT2D eigenvalue weighted by Gasteiger charge is 2.35. The summed E-state index contributed by atoms with van der Waals surface area (Å²) in [5.74, 6) is -1.23. The van der Waals surface area contributed by atoms with Crippen molar-refractivity contribution >= 4 is 15.9 Å². The Morgan fingerprint density at radius 1 is 1.39 bits per heavy atom. The first-order chi connectivity index (χ1) is 10.8. The third-order valence-electron chi connectivity index (χ3n) is 3.67. The molecule has 0 fully saturated rings. The lowest BCUT2D eigenvalue weighted by atomic mass is 10.1. The number of hydrogen-bond acceptors (Lipinski definition) is 4. The van der Waals surface area contributed by atoms with Crippen molar-refractivity contribution in [3.63, 3.8) is 0 Å². The fourth-order valence-electron chi connectivity index (χ4n) is 2.52. The predicted molar refractivity (Wildman–Crippen MR) is 79.6 cm³/mol. The normalized spacial score (nSPS) is 15.5. The highest BCUT2D eigenvalue weighted by molar-refractivity contribution is 9.10. The zero-order valence-corrected chi connectivity index (χ0v) is 13.4. The molecule has 2 aromatic rings. The first-order valence-corrected chi connectivity index (χ1v) is 7.64. The fourth-order valence-corrected chi connectivity index (χ4v) is 2.90. The zero-order chi connectivity index (χ0) is 16.6. The number of aromatic amines is 1. The molecule has 0 saturated heterocycles.